The van der Waals surface area contributed by atoms with Crippen molar-refractivity contribution in [1.82, 2.24) is 10.0 Å². The molecule has 122 valence electrons. The minimum Gasteiger partial charge on any atom is -0.356 e. The third-order valence-corrected chi connectivity index (χ3v) is 4.04. The first-order chi connectivity index (χ1) is 10.4. The quantitative estimate of drug-likeness (QED) is 0.730. The SMILES string of the molecule is CC(C)CCNC(=O)CCNS(=O)(=O)/C=C/c1ccccc1. The first-order valence-corrected chi connectivity index (χ1v) is 8.93. The van der Waals surface area contributed by atoms with Crippen molar-refractivity contribution in [3.05, 3.63) is 41.3 Å². The summed E-state index contributed by atoms with van der Waals surface area (Å²) >= 11 is 0. The Morgan fingerprint density at radius 3 is 2.50 bits per heavy atom. The highest BCUT2D eigenvalue weighted by molar-refractivity contribution is 7.92. The van der Waals surface area contributed by atoms with E-state index in [1.165, 1.54) is 6.08 Å². The Morgan fingerprint density at radius 2 is 1.86 bits per heavy atom. The topological polar surface area (TPSA) is 75.3 Å². The van der Waals surface area contributed by atoms with E-state index in [0.717, 1.165) is 17.4 Å². The van der Waals surface area contributed by atoms with Gasteiger partial charge in [0.05, 0.1) is 0 Å². The summed E-state index contributed by atoms with van der Waals surface area (Å²) in [7, 11) is -3.52. The molecule has 1 rings (SSSR count). The fourth-order valence-corrected chi connectivity index (χ4v) is 2.49. The molecule has 0 atom stereocenters. The minimum absolute atomic E-state index is 0.0922. The molecule has 1 aromatic rings. The van der Waals surface area contributed by atoms with E-state index >= 15 is 0 Å². The molecule has 5 nitrogen and oxygen atoms in total. The number of sulfonamides is 1. The summed E-state index contributed by atoms with van der Waals surface area (Å²) in [6.45, 7) is 4.88. The number of hydrogen-bond acceptors (Lipinski definition) is 3. The Kier molecular flexibility index (Phi) is 7.84. The fraction of sp³-hybridized carbons (Fsp3) is 0.438. The lowest BCUT2D eigenvalue weighted by Crippen LogP contribution is -2.30. The number of amides is 1. The van der Waals surface area contributed by atoms with Crippen LogP contribution < -0.4 is 10.0 Å². The maximum atomic E-state index is 11.8. The molecule has 0 aromatic heterocycles. The molecule has 0 fully saturated rings. The second-order valence-corrected chi connectivity index (χ2v) is 7.09. The van der Waals surface area contributed by atoms with E-state index in [0.29, 0.717) is 12.5 Å². The number of benzene rings is 1. The van der Waals surface area contributed by atoms with Crippen molar-refractivity contribution < 1.29 is 13.2 Å². The van der Waals surface area contributed by atoms with Crippen LogP contribution in [-0.4, -0.2) is 27.4 Å². The zero-order valence-electron chi connectivity index (χ0n) is 13.1. The molecular formula is C16H24N2O3S. The van der Waals surface area contributed by atoms with Crippen molar-refractivity contribution in [2.75, 3.05) is 13.1 Å². The van der Waals surface area contributed by atoms with Crippen molar-refractivity contribution in [2.45, 2.75) is 26.7 Å². The predicted molar refractivity (Wildman–Crippen MR) is 89.5 cm³/mol. The van der Waals surface area contributed by atoms with E-state index in [4.69, 9.17) is 0 Å². The second-order valence-electron chi connectivity index (χ2n) is 5.44. The van der Waals surface area contributed by atoms with Crippen LogP contribution in [-0.2, 0) is 14.8 Å². The molecule has 6 heteroatoms. The summed E-state index contributed by atoms with van der Waals surface area (Å²) in [4.78, 5) is 11.5. The van der Waals surface area contributed by atoms with Crippen LogP contribution >= 0.6 is 0 Å². The molecule has 1 aromatic carbocycles. The summed E-state index contributed by atoms with van der Waals surface area (Å²) in [6, 6.07) is 9.16. The molecular weight excluding hydrogens is 300 g/mol. The molecule has 0 saturated heterocycles. The zero-order valence-corrected chi connectivity index (χ0v) is 13.9. The third kappa shape index (κ3) is 8.59. The van der Waals surface area contributed by atoms with Gasteiger partial charge in [0, 0.05) is 24.9 Å². The smallest absolute Gasteiger partial charge is 0.233 e. The molecule has 0 aliphatic carbocycles. The largest absolute Gasteiger partial charge is 0.356 e. The van der Waals surface area contributed by atoms with Crippen molar-refractivity contribution in [3.8, 4) is 0 Å². The van der Waals surface area contributed by atoms with Gasteiger partial charge in [0.25, 0.3) is 0 Å². The predicted octanol–water partition coefficient (Wildman–Crippen LogP) is 2.13. The number of carbonyl (C=O) groups excluding carboxylic acids is 1. The van der Waals surface area contributed by atoms with Crippen molar-refractivity contribution in [2.24, 2.45) is 5.92 Å². The van der Waals surface area contributed by atoms with E-state index in [1.54, 1.807) is 0 Å². The highest BCUT2D eigenvalue weighted by atomic mass is 32.2. The zero-order chi connectivity index (χ0) is 16.4. The Labute approximate surface area is 132 Å². The number of nitrogens with one attached hydrogen (secondary N) is 2. The van der Waals surface area contributed by atoms with Gasteiger partial charge in [-0.1, -0.05) is 44.2 Å². The minimum atomic E-state index is -3.52. The van der Waals surface area contributed by atoms with Gasteiger partial charge in [-0.3, -0.25) is 4.79 Å². The monoisotopic (exact) mass is 324 g/mol. The highest BCUT2D eigenvalue weighted by Gasteiger charge is 2.07. The van der Waals surface area contributed by atoms with Crippen LogP contribution in [0, 0.1) is 5.92 Å². The lowest BCUT2D eigenvalue weighted by Gasteiger charge is -2.07. The van der Waals surface area contributed by atoms with Crippen LogP contribution in [0.15, 0.2) is 35.7 Å². The fourth-order valence-electron chi connectivity index (χ4n) is 1.68. The van der Waals surface area contributed by atoms with Crippen LogP contribution in [0.4, 0.5) is 0 Å². The highest BCUT2D eigenvalue weighted by Crippen LogP contribution is 2.02. The molecule has 0 saturated carbocycles. The Balaban J connectivity index is 2.31. The van der Waals surface area contributed by atoms with Crippen molar-refractivity contribution in [1.29, 1.82) is 0 Å². The van der Waals surface area contributed by atoms with E-state index in [2.05, 4.69) is 23.9 Å². The number of rotatable bonds is 9. The average Bonchev–Trinajstić information content (AvgIpc) is 2.46. The molecule has 0 radical (unpaired) electrons. The Morgan fingerprint density at radius 1 is 1.18 bits per heavy atom. The molecule has 0 aliphatic rings. The van der Waals surface area contributed by atoms with Gasteiger partial charge < -0.3 is 5.32 Å². The second kappa shape index (κ2) is 9.38. The van der Waals surface area contributed by atoms with E-state index in [9.17, 15) is 13.2 Å². The molecule has 2 N–H and O–H groups in total. The third-order valence-electron chi connectivity index (χ3n) is 2.94. The van der Waals surface area contributed by atoms with Gasteiger partial charge in [0.1, 0.15) is 0 Å². The van der Waals surface area contributed by atoms with Crippen LogP contribution in [0.3, 0.4) is 0 Å². The first kappa shape index (κ1) is 18.4. The van der Waals surface area contributed by atoms with Crippen molar-refractivity contribution in [3.63, 3.8) is 0 Å². The van der Waals surface area contributed by atoms with Crippen LogP contribution in [0.5, 0.6) is 0 Å². The summed E-state index contributed by atoms with van der Waals surface area (Å²) in [5.74, 6) is 0.386. The van der Waals surface area contributed by atoms with Gasteiger partial charge in [-0.05, 0) is 24.0 Å². The molecule has 0 aliphatic heterocycles. The summed E-state index contributed by atoms with van der Waals surface area (Å²) in [5.41, 5.74) is 0.805. The van der Waals surface area contributed by atoms with Crippen LogP contribution in [0.25, 0.3) is 6.08 Å². The van der Waals surface area contributed by atoms with E-state index < -0.39 is 10.0 Å². The summed E-state index contributed by atoms with van der Waals surface area (Å²) in [6.07, 6.45) is 2.57. The van der Waals surface area contributed by atoms with Gasteiger partial charge in [-0.15, -0.1) is 0 Å². The van der Waals surface area contributed by atoms with Crippen LogP contribution in [0.1, 0.15) is 32.3 Å². The lowest BCUT2D eigenvalue weighted by molar-refractivity contribution is -0.120. The van der Waals surface area contributed by atoms with E-state index in [-0.39, 0.29) is 18.9 Å². The van der Waals surface area contributed by atoms with Crippen LogP contribution in [0.2, 0.25) is 0 Å². The maximum Gasteiger partial charge on any atom is 0.233 e. The Hall–Kier alpha value is -1.66. The lowest BCUT2D eigenvalue weighted by atomic mass is 10.1. The maximum absolute atomic E-state index is 11.8. The number of carbonyl (C=O) groups is 1. The molecule has 0 unspecified atom stereocenters. The average molecular weight is 324 g/mol. The first-order valence-electron chi connectivity index (χ1n) is 7.38. The van der Waals surface area contributed by atoms with E-state index in [1.807, 2.05) is 30.3 Å². The van der Waals surface area contributed by atoms with Crippen molar-refractivity contribution >= 4 is 22.0 Å². The molecule has 0 bridgehead atoms. The van der Waals surface area contributed by atoms with Gasteiger partial charge in [-0.25, -0.2) is 13.1 Å². The van der Waals surface area contributed by atoms with Gasteiger partial charge in [-0.2, -0.15) is 0 Å². The number of hydrogen-bond donors (Lipinski definition) is 2. The molecule has 0 heterocycles. The van der Waals surface area contributed by atoms with Gasteiger partial charge in [0.2, 0.25) is 15.9 Å². The summed E-state index contributed by atoms with van der Waals surface area (Å²) in [5, 5.41) is 3.88. The van der Waals surface area contributed by atoms with Gasteiger partial charge in [0.15, 0.2) is 0 Å². The standard InChI is InChI=1S/C16H24N2O3S/c1-14(2)8-11-17-16(19)9-12-18-22(20,21)13-10-15-6-4-3-5-7-15/h3-7,10,13-14,18H,8-9,11-12H2,1-2H3,(H,17,19)/b13-10+. The normalized spacial score (nSPS) is 12.0. The summed E-state index contributed by atoms with van der Waals surface area (Å²) < 4.78 is 25.9. The molecule has 0 spiro atoms. The Bertz CT molecular complexity index is 581. The molecule has 22 heavy (non-hydrogen) atoms. The molecule has 1 amide bonds. The van der Waals surface area contributed by atoms with Gasteiger partial charge >= 0.3 is 0 Å².